The summed E-state index contributed by atoms with van der Waals surface area (Å²) in [6.45, 7) is 0. The van der Waals surface area contributed by atoms with Gasteiger partial charge in [-0.15, -0.1) is 10.2 Å². The Bertz CT molecular complexity index is 938. The summed E-state index contributed by atoms with van der Waals surface area (Å²) >= 11 is 0. The number of pyridine rings is 2. The Morgan fingerprint density at radius 2 is 2.20 bits per heavy atom. The van der Waals surface area contributed by atoms with Crippen LogP contribution in [-0.2, 0) is 4.79 Å². The maximum Gasteiger partial charge on any atom is 0.253 e. The fourth-order valence-electron chi connectivity index (χ4n) is 3.22. The second-order valence-corrected chi connectivity index (χ2v) is 6.03. The third-order valence-corrected chi connectivity index (χ3v) is 4.48. The van der Waals surface area contributed by atoms with Crippen molar-refractivity contribution in [2.45, 2.75) is 18.5 Å². The van der Waals surface area contributed by atoms with Crippen LogP contribution in [0.3, 0.4) is 0 Å². The molecule has 0 spiro atoms. The van der Waals surface area contributed by atoms with Crippen molar-refractivity contribution in [3.05, 3.63) is 60.3 Å². The van der Waals surface area contributed by atoms with Gasteiger partial charge in [0.1, 0.15) is 6.33 Å². The van der Waals surface area contributed by atoms with Gasteiger partial charge < -0.3 is 10.2 Å². The molecule has 1 aliphatic heterocycles. The number of fused-ring (bicyclic) bond motifs is 1. The Kier molecular flexibility index (Phi) is 3.64. The van der Waals surface area contributed by atoms with Crippen LogP contribution in [0.4, 0.5) is 0 Å². The number of likely N-dealkylation sites (N-methyl/N-ethyl adjacent to an activating group) is 1. The average Bonchev–Trinajstić information content (AvgIpc) is 3.20. The molecule has 2 amide bonds. The van der Waals surface area contributed by atoms with Crippen molar-refractivity contribution in [1.29, 1.82) is 0 Å². The van der Waals surface area contributed by atoms with Gasteiger partial charge in [-0.3, -0.25) is 19.0 Å². The average molecular weight is 336 g/mol. The Hall–Kier alpha value is -3.29. The summed E-state index contributed by atoms with van der Waals surface area (Å²) in [6, 6.07) is 6.61. The maximum atomic E-state index is 12.6. The summed E-state index contributed by atoms with van der Waals surface area (Å²) in [5.41, 5.74) is 2.05. The fraction of sp³-hybridized carbons (Fsp3) is 0.235. The van der Waals surface area contributed by atoms with E-state index in [4.69, 9.17) is 0 Å². The minimum absolute atomic E-state index is 0.00610. The van der Waals surface area contributed by atoms with E-state index in [2.05, 4.69) is 20.5 Å². The molecule has 1 saturated heterocycles. The van der Waals surface area contributed by atoms with E-state index in [1.54, 1.807) is 47.1 Å². The lowest BCUT2D eigenvalue weighted by Crippen LogP contribution is -2.39. The Morgan fingerprint density at radius 3 is 3.00 bits per heavy atom. The van der Waals surface area contributed by atoms with Gasteiger partial charge >= 0.3 is 0 Å². The number of nitrogens with one attached hydrogen (secondary N) is 1. The zero-order valence-corrected chi connectivity index (χ0v) is 13.5. The lowest BCUT2D eigenvalue weighted by Gasteiger charge is -2.25. The van der Waals surface area contributed by atoms with Gasteiger partial charge in [0.15, 0.2) is 5.65 Å². The van der Waals surface area contributed by atoms with Gasteiger partial charge in [0, 0.05) is 32.1 Å². The lowest BCUT2D eigenvalue weighted by molar-refractivity contribution is -0.127. The number of carbonyl (C=O) groups excluding carboxylic acids is 2. The molecule has 1 aliphatic rings. The smallest absolute Gasteiger partial charge is 0.253 e. The van der Waals surface area contributed by atoms with Crippen LogP contribution in [0.5, 0.6) is 0 Å². The van der Waals surface area contributed by atoms with Crippen molar-refractivity contribution in [2.24, 2.45) is 0 Å². The molecule has 0 aliphatic carbocycles. The molecule has 0 radical (unpaired) electrons. The van der Waals surface area contributed by atoms with Gasteiger partial charge in [0.25, 0.3) is 5.91 Å². The number of aromatic nitrogens is 4. The van der Waals surface area contributed by atoms with Gasteiger partial charge in [-0.1, -0.05) is 6.07 Å². The van der Waals surface area contributed by atoms with Gasteiger partial charge in [0.2, 0.25) is 5.91 Å². The van der Waals surface area contributed by atoms with E-state index in [1.165, 1.54) is 6.33 Å². The lowest BCUT2D eigenvalue weighted by atomic mass is 10.0. The first-order valence-corrected chi connectivity index (χ1v) is 7.89. The fourth-order valence-corrected chi connectivity index (χ4v) is 3.22. The third kappa shape index (κ3) is 2.71. The Balaban J connectivity index is 1.59. The van der Waals surface area contributed by atoms with E-state index >= 15 is 0 Å². The number of likely N-dealkylation sites (tertiary alicyclic amines) is 1. The molecule has 25 heavy (non-hydrogen) atoms. The Labute approximate surface area is 143 Å². The summed E-state index contributed by atoms with van der Waals surface area (Å²) in [5.74, 6) is -0.244. The summed E-state index contributed by atoms with van der Waals surface area (Å²) in [4.78, 5) is 30.6. The number of hydrogen-bond acceptors (Lipinski definition) is 5. The molecule has 0 saturated carbocycles. The molecule has 1 fully saturated rings. The number of amides is 2. The molecule has 2 atom stereocenters. The maximum absolute atomic E-state index is 12.6. The van der Waals surface area contributed by atoms with Crippen molar-refractivity contribution < 1.29 is 9.59 Å². The molecule has 0 aromatic carbocycles. The van der Waals surface area contributed by atoms with Gasteiger partial charge in [-0.05, 0) is 23.8 Å². The van der Waals surface area contributed by atoms with E-state index in [0.29, 0.717) is 11.2 Å². The highest BCUT2D eigenvalue weighted by atomic mass is 16.2. The highest BCUT2D eigenvalue weighted by Gasteiger charge is 2.39. The van der Waals surface area contributed by atoms with E-state index in [9.17, 15) is 9.59 Å². The van der Waals surface area contributed by atoms with E-state index in [-0.39, 0.29) is 30.3 Å². The predicted molar refractivity (Wildman–Crippen MR) is 88.6 cm³/mol. The number of nitrogens with zero attached hydrogens (tertiary/aromatic N) is 5. The predicted octanol–water partition coefficient (Wildman–Crippen LogP) is 0.826. The van der Waals surface area contributed by atoms with Crippen LogP contribution < -0.4 is 5.32 Å². The molecule has 126 valence electrons. The summed E-state index contributed by atoms with van der Waals surface area (Å²) in [7, 11) is 1.75. The van der Waals surface area contributed by atoms with Gasteiger partial charge in [0.05, 0.1) is 17.6 Å². The summed E-state index contributed by atoms with van der Waals surface area (Å²) in [5, 5.41) is 10.7. The largest absolute Gasteiger partial charge is 0.346 e. The normalized spacial score (nSPS) is 20.2. The van der Waals surface area contributed by atoms with Crippen LogP contribution >= 0.6 is 0 Å². The number of hydrogen-bond donors (Lipinski definition) is 1. The van der Waals surface area contributed by atoms with Crippen molar-refractivity contribution in [2.75, 3.05) is 7.05 Å². The molecule has 0 bridgehead atoms. The quantitative estimate of drug-likeness (QED) is 0.765. The first-order chi connectivity index (χ1) is 12.1. The van der Waals surface area contributed by atoms with Crippen molar-refractivity contribution in [3.63, 3.8) is 0 Å². The second kappa shape index (κ2) is 5.97. The highest BCUT2D eigenvalue weighted by Crippen LogP contribution is 2.31. The van der Waals surface area contributed by atoms with Crippen molar-refractivity contribution >= 4 is 17.5 Å². The van der Waals surface area contributed by atoms with Gasteiger partial charge in [-0.25, -0.2) is 0 Å². The zero-order chi connectivity index (χ0) is 17.4. The molecule has 8 nitrogen and oxygen atoms in total. The highest BCUT2D eigenvalue weighted by molar-refractivity contribution is 5.95. The molecule has 3 aromatic rings. The van der Waals surface area contributed by atoms with Crippen molar-refractivity contribution in [1.82, 2.24) is 29.8 Å². The number of rotatable bonds is 3. The van der Waals surface area contributed by atoms with Crippen LogP contribution in [-0.4, -0.2) is 49.4 Å². The van der Waals surface area contributed by atoms with Crippen molar-refractivity contribution in [3.8, 4) is 0 Å². The first-order valence-electron chi connectivity index (χ1n) is 7.89. The molecular formula is C17H16N6O2. The van der Waals surface area contributed by atoms with E-state index < -0.39 is 0 Å². The minimum Gasteiger partial charge on any atom is -0.346 e. The molecule has 3 aromatic heterocycles. The summed E-state index contributed by atoms with van der Waals surface area (Å²) < 4.78 is 1.68. The monoisotopic (exact) mass is 336 g/mol. The Morgan fingerprint density at radius 1 is 1.32 bits per heavy atom. The van der Waals surface area contributed by atoms with Crippen LogP contribution in [0, 0.1) is 0 Å². The minimum atomic E-state index is -0.314. The molecule has 1 N–H and O–H groups in total. The van der Waals surface area contributed by atoms with Crippen LogP contribution in [0.15, 0.2) is 49.2 Å². The molecule has 4 heterocycles. The van der Waals surface area contributed by atoms with E-state index in [0.717, 1.165) is 5.56 Å². The first kappa shape index (κ1) is 15.3. The van der Waals surface area contributed by atoms with Crippen LogP contribution in [0.2, 0.25) is 0 Å². The summed E-state index contributed by atoms with van der Waals surface area (Å²) in [6.07, 6.45) is 6.88. The molecular weight excluding hydrogens is 320 g/mol. The van der Waals surface area contributed by atoms with E-state index in [1.807, 2.05) is 12.1 Å². The third-order valence-electron chi connectivity index (χ3n) is 4.48. The zero-order valence-electron chi connectivity index (χ0n) is 13.5. The topological polar surface area (TPSA) is 92.5 Å². The number of carbonyl (C=O) groups is 2. The SMILES string of the molecule is CN1C(=O)C[C@@H](NC(=O)c2ccc3nncn3c2)[C@@H]1c1cccnc1. The molecule has 0 unspecified atom stereocenters. The second-order valence-electron chi connectivity index (χ2n) is 6.03. The van der Waals surface area contributed by atoms with Gasteiger partial charge in [-0.2, -0.15) is 0 Å². The van der Waals surface area contributed by atoms with Crippen LogP contribution in [0.25, 0.3) is 5.65 Å². The van der Waals surface area contributed by atoms with Crippen LogP contribution in [0.1, 0.15) is 28.4 Å². The molecule has 4 rings (SSSR count). The standard InChI is InChI=1S/C17H16N6O2/c1-22-15(24)7-13(16(22)11-3-2-6-18-8-11)20-17(25)12-4-5-14-21-19-10-23(14)9-12/h2-6,8-10,13,16H,7H2,1H3,(H,20,25)/t13-,16+/m1/s1. The molecule has 8 heteroatoms.